The van der Waals surface area contributed by atoms with Gasteiger partial charge in [0.15, 0.2) is 0 Å². The van der Waals surface area contributed by atoms with Gasteiger partial charge in [-0.2, -0.15) is 23.7 Å². The monoisotopic (exact) mass is 389 g/mol. The Hall–Kier alpha value is -2.76. The maximum absolute atomic E-state index is 12.3. The van der Waals surface area contributed by atoms with Gasteiger partial charge in [0.2, 0.25) is 11.8 Å². The Morgan fingerprint density at radius 3 is 2.85 bits per heavy atom. The molecule has 26 heavy (non-hydrogen) atoms. The van der Waals surface area contributed by atoms with Gasteiger partial charge in [0, 0.05) is 21.5 Å². The molecule has 134 valence electrons. The predicted molar refractivity (Wildman–Crippen MR) is 105 cm³/mol. The van der Waals surface area contributed by atoms with Crippen LogP contribution in [0.15, 0.2) is 35.3 Å². The van der Waals surface area contributed by atoms with Crippen molar-refractivity contribution in [1.29, 1.82) is 5.26 Å². The maximum atomic E-state index is 12.3. The summed E-state index contributed by atoms with van der Waals surface area (Å²) in [5, 5.41) is 13.4. The fourth-order valence-corrected chi connectivity index (χ4v) is 2.64. The van der Waals surface area contributed by atoms with E-state index in [9.17, 15) is 4.79 Å². The van der Waals surface area contributed by atoms with Crippen LogP contribution in [0, 0.1) is 11.3 Å². The fourth-order valence-electron chi connectivity index (χ4n) is 2.46. The van der Waals surface area contributed by atoms with Crippen LogP contribution in [0.3, 0.4) is 0 Å². The van der Waals surface area contributed by atoms with Crippen molar-refractivity contribution in [3.63, 3.8) is 0 Å². The number of hydrogen-bond donors (Lipinski definition) is 2. The van der Waals surface area contributed by atoms with E-state index in [-0.39, 0.29) is 42.5 Å². The average molecular weight is 390 g/mol. The number of aromatic amines is 1. The Kier molecular flexibility index (Phi) is 6.08. The van der Waals surface area contributed by atoms with Gasteiger partial charge in [0.1, 0.15) is 11.6 Å². The molecule has 0 bridgehead atoms. The summed E-state index contributed by atoms with van der Waals surface area (Å²) < 4.78 is 5.06. The van der Waals surface area contributed by atoms with E-state index >= 15 is 0 Å². The number of H-pyrrole nitrogens is 1. The molecule has 7 nitrogen and oxygen atoms in total. The zero-order valence-electron chi connectivity index (χ0n) is 14.0. The molecule has 2 heterocycles. The van der Waals surface area contributed by atoms with E-state index < -0.39 is 0 Å². The zero-order valence-corrected chi connectivity index (χ0v) is 15.8. The molecule has 0 aliphatic rings. The molecule has 1 atom stereocenters. The second-order valence-corrected chi connectivity index (χ2v) is 5.82. The lowest BCUT2D eigenvalue weighted by atomic mass is 10.1. The minimum absolute atomic E-state index is 0. The number of ether oxygens (including phenoxy) is 1. The molecule has 0 aliphatic heterocycles. The Morgan fingerprint density at radius 1 is 1.38 bits per heavy atom. The van der Waals surface area contributed by atoms with Gasteiger partial charge in [0.25, 0.3) is 5.56 Å². The van der Waals surface area contributed by atoms with Crippen molar-refractivity contribution >= 4 is 41.9 Å². The largest absolute Gasteiger partial charge is 0.480 e. The number of aromatic nitrogens is 3. The molecule has 2 N–H and O–H groups in total. The third kappa shape index (κ3) is 3.90. The van der Waals surface area contributed by atoms with E-state index in [1.165, 1.54) is 13.3 Å². The van der Waals surface area contributed by atoms with E-state index in [4.69, 9.17) is 21.6 Å². The number of rotatable bonds is 4. The normalized spacial score (nSPS) is 11.3. The van der Waals surface area contributed by atoms with E-state index in [1.54, 1.807) is 24.3 Å². The number of nitriles is 1. The van der Waals surface area contributed by atoms with Gasteiger partial charge in [-0.25, -0.2) is 4.98 Å². The molecule has 9 heteroatoms. The molecule has 3 aromatic rings. The summed E-state index contributed by atoms with van der Waals surface area (Å²) in [6, 6.07) is 8.62. The van der Waals surface area contributed by atoms with Crippen molar-refractivity contribution in [2.45, 2.75) is 13.0 Å². The molecule has 0 saturated heterocycles. The number of hydrogen-bond acceptors (Lipinski definition) is 6. The number of benzene rings is 1. The van der Waals surface area contributed by atoms with Gasteiger partial charge in [-0.15, -0.1) is 0 Å². The second-order valence-electron chi connectivity index (χ2n) is 5.38. The summed E-state index contributed by atoms with van der Waals surface area (Å²) in [5.74, 6) is 0.431. The highest BCUT2D eigenvalue weighted by Gasteiger charge is 2.14. The van der Waals surface area contributed by atoms with Crippen LogP contribution in [0.4, 0.5) is 5.95 Å². The van der Waals surface area contributed by atoms with E-state index in [0.29, 0.717) is 16.1 Å². The molecular formula is C17H16ClN5O2S. The lowest BCUT2D eigenvalue weighted by Crippen LogP contribution is -2.20. The molecule has 0 aliphatic carbocycles. The van der Waals surface area contributed by atoms with Crippen LogP contribution in [0.2, 0.25) is 5.02 Å². The quantitative estimate of drug-likeness (QED) is 0.710. The molecule has 0 fully saturated rings. The summed E-state index contributed by atoms with van der Waals surface area (Å²) in [6.07, 6.45) is 1.37. The number of methoxy groups -OCH3 is 1. The molecule has 0 unspecified atom stereocenters. The van der Waals surface area contributed by atoms with Gasteiger partial charge in [0.05, 0.1) is 19.3 Å². The topological polar surface area (TPSA) is 104 Å². The Morgan fingerprint density at radius 2 is 2.15 bits per heavy atom. The number of nitrogens with one attached hydrogen (secondary N) is 2. The second kappa shape index (κ2) is 8.08. The number of halogens is 1. The number of anilines is 1. The van der Waals surface area contributed by atoms with E-state index in [1.807, 2.05) is 13.0 Å². The molecule has 0 saturated carbocycles. The fraction of sp³-hybridized carbons (Fsp3) is 0.176. The summed E-state index contributed by atoms with van der Waals surface area (Å²) in [6.45, 7) is 1.81. The van der Waals surface area contributed by atoms with Gasteiger partial charge in [-0.05, 0) is 31.2 Å². The first kappa shape index (κ1) is 19.6. The highest BCUT2D eigenvalue weighted by Crippen LogP contribution is 2.22. The molecule has 2 aromatic heterocycles. The minimum atomic E-state index is -0.371. The number of pyridine rings is 1. The minimum Gasteiger partial charge on any atom is -0.480 e. The van der Waals surface area contributed by atoms with Gasteiger partial charge in [-0.3, -0.25) is 4.79 Å². The van der Waals surface area contributed by atoms with Crippen LogP contribution in [0.5, 0.6) is 5.88 Å². The standard InChI is InChI=1S/C17H14ClN5O2.H2S/c1-9(21-17-20-8-11(7-19)16(23-17)25-2)13-6-10-5-12(18)3-4-14(10)22-15(13)24;/h3-6,8-9H,1-2H3,(H,22,24)(H,20,21,23);1H2/t9-;/m0./s1. The van der Waals surface area contributed by atoms with Crippen LogP contribution >= 0.6 is 25.1 Å². The van der Waals surface area contributed by atoms with Crippen LogP contribution in [-0.4, -0.2) is 22.1 Å². The molecule has 0 spiro atoms. The van der Waals surface area contributed by atoms with E-state index in [0.717, 1.165) is 5.39 Å². The molecular weight excluding hydrogens is 374 g/mol. The Balaban J connectivity index is 0.00000243. The van der Waals surface area contributed by atoms with Gasteiger partial charge in [-0.1, -0.05) is 11.6 Å². The first-order valence-corrected chi connectivity index (χ1v) is 7.79. The van der Waals surface area contributed by atoms with Crippen LogP contribution in [-0.2, 0) is 0 Å². The van der Waals surface area contributed by atoms with Crippen molar-refractivity contribution in [3.05, 3.63) is 57.0 Å². The van der Waals surface area contributed by atoms with E-state index in [2.05, 4.69) is 20.3 Å². The third-order valence-corrected chi connectivity index (χ3v) is 3.95. The molecule has 1 aromatic carbocycles. The van der Waals surface area contributed by atoms with Gasteiger partial charge >= 0.3 is 0 Å². The van der Waals surface area contributed by atoms with Crippen LogP contribution in [0.1, 0.15) is 24.1 Å². The average Bonchev–Trinajstić information content (AvgIpc) is 2.61. The van der Waals surface area contributed by atoms with Crippen LogP contribution in [0.25, 0.3) is 10.9 Å². The summed E-state index contributed by atoms with van der Waals surface area (Å²) in [5.41, 5.74) is 1.25. The van der Waals surface area contributed by atoms with Crippen molar-refractivity contribution in [1.82, 2.24) is 15.0 Å². The molecule has 0 amide bonds. The summed E-state index contributed by atoms with van der Waals surface area (Å²) >= 11 is 6.01. The third-order valence-electron chi connectivity index (χ3n) is 3.71. The summed E-state index contributed by atoms with van der Waals surface area (Å²) in [7, 11) is 1.42. The van der Waals surface area contributed by atoms with Crippen molar-refractivity contribution < 1.29 is 4.74 Å². The smallest absolute Gasteiger partial charge is 0.253 e. The van der Waals surface area contributed by atoms with Gasteiger partial charge < -0.3 is 15.0 Å². The lowest BCUT2D eigenvalue weighted by Gasteiger charge is -2.14. The maximum Gasteiger partial charge on any atom is 0.253 e. The summed E-state index contributed by atoms with van der Waals surface area (Å²) in [4.78, 5) is 23.4. The first-order valence-electron chi connectivity index (χ1n) is 7.42. The Bertz CT molecular complexity index is 1050. The number of fused-ring (bicyclic) bond motifs is 1. The predicted octanol–water partition coefficient (Wildman–Crippen LogP) is 3.14. The lowest BCUT2D eigenvalue weighted by molar-refractivity contribution is 0.396. The molecule has 3 rings (SSSR count). The van der Waals surface area contributed by atoms with Crippen molar-refractivity contribution in [2.75, 3.05) is 12.4 Å². The SMILES string of the molecule is COc1nc(N[C@@H](C)c2cc3cc(Cl)ccc3[nH]c2=O)ncc1C#N.S. The highest BCUT2D eigenvalue weighted by atomic mass is 35.5. The first-order chi connectivity index (χ1) is 12.0. The highest BCUT2D eigenvalue weighted by molar-refractivity contribution is 7.59. The zero-order chi connectivity index (χ0) is 18.0. The van der Waals surface area contributed by atoms with Crippen molar-refractivity contribution in [2.24, 2.45) is 0 Å². The number of nitrogens with zero attached hydrogens (tertiary/aromatic N) is 3. The molecule has 0 radical (unpaired) electrons. The van der Waals surface area contributed by atoms with Crippen molar-refractivity contribution in [3.8, 4) is 11.9 Å². The van der Waals surface area contributed by atoms with Crippen LogP contribution < -0.4 is 15.6 Å². The Labute approximate surface area is 161 Å².